The van der Waals surface area contributed by atoms with Crippen molar-refractivity contribution in [2.75, 3.05) is 22.9 Å². The van der Waals surface area contributed by atoms with Gasteiger partial charge in [-0.3, -0.25) is 0 Å². The minimum absolute atomic E-state index is 0.0223. The molecular formula is C10H12N4O. The predicted molar refractivity (Wildman–Crippen MR) is 63.3 cm³/mol. The number of benzene rings is 2. The molecule has 2 rings (SSSR count). The molecule has 2 aromatic carbocycles. The summed E-state index contributed by atoms with van der Waals surface area (Å²) in [6.45, 7) is 0. The van der Waals surface area contributed by atoms with Crippen LogP contribution in [0.15, 0.2) is 18.2 Å². The fraction of sp³-hybridized carbons (Fsp3) is 0. The van der Waals surface area contributed by atoms with Crippen LogP contribution in [0.3, 0.4) is 0 Å². The molecule has 0 atom stereocenters. The molecule has 0 aromatic heterocycles. The zero-order valence-electron chi connectivity index (χ0n) is 7.99. The van der Waals surface area contributed by atoms with Crippen LogP contribution in [0.4, 0.5) is 22.7 Å². The van der Waals surface area contributed by atoms with Gasteiger partial charge in [0.1, 0.15) is 5.75 Å². The van der Waals surface area contributed by atoms with E-state index < -0.39 is 0 Å². The Kier molecular flexibility index (Phi) is 1.76. The number of anilines is 4. The maximum absolute atomic E-state index is 9.72. The van der Waals surface area contributed by atoms with Crippen LogP contribution in [0.2, 0.25) is 0 Å². The Bertz CT molecular complexity index is 551. The highest BCUT2D eigenvalue weighted by Gasteiger charge is 2.11. The molecule has 0 spiro atoms. The first kappa shape index (κ1) is 9.26. The SMILES string of the molecule is Nc1cc(N)c2c(N)c(N)ccc2c1O. The van der Waals surface area contributed by atoms with Crippen LogP contribution in [0.25, 0.3) is 10.8 Å². The summed E-state index contributed by atoms with van der Waals surface area (Å²) in [4.78, 5) is 0. The van der Waals surface area contributed by atoms with Gasteiger partial charge in [-0.25, -0.2) is 0 Å². The molecule has 15 heavy (non-hydrogen) atoms. The molecule has 5 nitrogen and oxygen atoms in total. The van der Waals surface area contributed by atoms with Crippen molar-refractivity contribution in [3.05, 3.63) is 18.2 Å². The van der Waals surface area contributed by atoms with E-state index >= 15 is 0 Å². The lowest BCUT2D eigenvalue weighted by Crippen LogP contribution is -1.99. The van der Waals surface area contributed by atoms with Crippen molar-refractivity contribution in [2.45, 2.75) is 0 Å². The van der Waals surface area contributed by atoms with Crippen LogP contribution >= 0.6 is 0 Å². The van der Waals surface area contributed by atoms with Gasteiger partial charge in [0.2, 0.25) is 0 Å². The topological polar surface area (TPSA) is 124 Å². The van der Waals surface area contributed by atoms with Crippen molar-refractivity contribution in [2.24, 2.45) is 0 Å². The first-order valence-electron chi connectivity index (χ1n) is 4.37. The maximum Gasteiger partial charge on any atom is 0.146 e. The molecule has 0 fully saturated rings. The van der Waals surface area contributed by atoms with Gasteiger partial charge in [-0.1, -0.05) is 0 Å². The van der Waals surface area contributed by atoms with Crippen molar-refractivity contribution in [3.63, 3.8) is 0 Å². The summed E-state index contributed by atoms with van der Waals surface area (Å²) in [5.74, 6) is -0.0223. The second-order valence-electron chi connectivity index (χ2n) is 3.39. The quantitative estimate of drug-likeness (QED) is 0.247. The van der Waals surface area contributed by atoms with Crippen molar-refractivity contribution >= 4 is 33.5 Å². The molecule has 0 unspecified atom stereocenters. The van der Waals surface area contributed by atoms with Crippen LogP contribution in [0, 0.1) is 0 Å². The van der Waals surface area contributed by atoms with Crippen LogP contribution in [0.1, 0.15) is 0 Å². The predicted octanol–water partition coefficient (Wildman–Crippen LogP) is 0.874. The van der Waals surface area contributed by atoms with E-state index in [4.69, 9.17) is 22.9 Å². The number of nitrogen functional groups attached to an aromatic ring is 4. The lowest BCUT2D eigenvalue weighted by atomic mass is 10.0. The van der Waals surface area contributed by atoms with Gasteiger partial charge in [-0.15, -0.1) is 0 Å². The number of aromatic hydroxyl groups is 1. The maximum atomic E-state index is 9.72. The highest BCUT2D eigenvalue weighted by molar-refractivity contribution is 6.10. The molecule has 2 aromatic rings. The summed E-state index contributed by atoms with van der Waals surface area (Å²) in [6, 6.07) is 4.72. The molecule has 0 radical (unpaired) electrons. The summed E-state index contributed by atoms with van der Waals surface area (Å²) in [5.41, 5.74) is 24.2. The van der Waals surface area contributed by atoms with Gasteiger partial charge in [0.05, 0.1) is 17.1 Å². The Balaban J connectivity index is 3.03. The van der Waals surface area contributed by atoms with Gasteiger partial charge in [-0.05, 0) is 18.2 Å². The third-order valence-electron chi connectivity index (χ3n) is 2.41. The Labute approximate surface area is 86.3 Å². The molecule has 0 amide bonds. The van der Waals surface area contributed by atoms with E-state index in [9.17, 15) is 5.11 Å². The van der Waals surface area contributed by atoms with Gasteiger partial charge < -0.3 is 28.0 Å². The summed E-state index contributed by atoms with van der Waals surface area (Å²) >= 11 is 0. The van der Waals surface area contributed by atoms with E-state index in [1.165, 1.54) is 6.07 Å². The first-order valence-corrected chi connectivity index (χ1v) is 4.37. The van der Waals surface area contributed by atoms with Crippen LogP contribution < -0.4 is 22.9 Å². The van der Waals surface area contributed by atoms with Gasteiger partial charge in [0, 0.05) is 16.5 Å². The zero-order valence-corrected chi connectivity index (χ0v) is 7.99. The zero-order chi connectivity index (χ0) is 11.2. The number of phenolic OH excluding ortho intramolecular Hbond substituents is 1. The van der Waals surface area contributed by atoms with E-state index in [0.717, 1.165) is 0 Å². The minimum atomic E-state index is -0.0223. The smallest absolute Gasteiger partial charge is 0.146 e. The molecule has 9 N–H and O–H groups in total. The number of nitrogens with two attached hydrogens (primary N) is 4. The molecule has 0 aliphatic carbocycles. The number of hydrogen-bond acceptors (Lipinski definition) is 5. The van der Waals surface area contributed by atoms with Crippen LogP contribution in [-0.2, 0) is 0 Å². The molecule has 0 saturated carbocycles. The Morgan fingerprint density at radius 2 is 1.53 bits per heavy atom. The van der Waals surface area contributed by atoms with Crippen LogP contribution in [0.5, 0.6) is 5.75 Å². The number of phenols is 1. The summed E-state index contributed by atoms with van der Waals surface area (Å²) < 4.78 is 0. The van der Waals surface area contributed by atoms with Crippen molar-refractivity contribution in [1.82, 2.24) is 0 Å². The van der Waals surface area contributed by atoms with Gasteiger partial charge in [0.25, 0.3) is 0 Å². The van der Waals surface area contributed by atoms with Gasteiger partial charge in [0.15, 0.2) is 0 Å². The molecule has 0 aliphatic rings. The van der Waals surface area contributed by atoms with Gasteiger partial charge in [-0.2, -0.15) is 0 Å². The Hall–Kier alpha value is -2.30. The standard InChI is InChI=1S/C10H12N4O/c11-5-2-1-4-8(9(5)14)6(12)3-7(13)10(4)15/h1-3,15H,11-14H2. The molecule has 5 heteroatoms. The molecular weight excluding hydrogens is 192 g/mol. The lowest BCUT2D eigenvalue weighted by Gasteiger charge is -2.11. The third kappa shape index (κ3) is 1.17. The average molecular weight is 204 g/mol. The molecule has 78 valence electrons. The van der Waals surface area contributed by atoms with Crippen LogP contribution in [-0.4, -0.2) is 5.11 Å². The van der Waals surface area contributed by atoms with E-state index in [2.05, 4.69) is 0 Å². The second-order valence-corrected chi connectivity index (χ2v) is 3.39. The van der Waals surface area contributed by atoms with E-state index in [0.29, 0.717) is 27.8 Å². The number of hydrogen-bond donors (Lipinski definition) is 5. The highest BCUT2D eigenvalue weighted by Crippen LogP contribution is 2.39. The summed E-state index contributed by atoms with van der Waals surface area (Å²) in [6.07, 6.45) is 0. The van der Waals surface area contributed by atoms with Gasteiger partial charge >= 0.3 is 0 Å². The second kappa shape index (κ2) is 2.84. The summed E-state index contributed by atoms with van der Waals surface area (Å²) in [7, 11) is 0. The lowest BCUT2D eigenvalue weighted by molar-refractivity contribution is 0.484. The molecule has 0 aliphatic heterocycles. The highest BCUT2D eigenvalue weighted by atomic mass is 16.3. The fourth-order valence-electron chi connectivity index (χ4n) is 1.61. The first-order chi connectivity index (χ1) is 7.02. The minimum Gasteiger partial charge on any atom is -0.505 e. The third-order valence-corrected chi connectivity index (χ3v) is 2.41. The Morgan fingerprint density at radius 1 is 0.867 bits per heavy atom. The number of rotatable bonds is 0. The molecule has 0 heterocycles. The van der Waals surface area contributed by atoms with E-state index in [1.54, 1.807) is 12.1 Å². The van der Waals surface area contributed by atoms with E-state index in [1.807, 2.05) is 0 Å². The molecule has 0 saturated heterocycles. The van der Waals surface area contributed by atoms with E-state index in [-0.39, 0.29) is 11.4 Å². The average Bonchev–Trinajstić information content (AvgIpc) is 2.18. The fourth-order valence-corrected chi connectivity index (χ4v) is 1.61. The van der Waals surface area contributed by atoms with Crippen molar-refractivity contribution in [3.8, 4) is 5.75 Å². The number of fused-ring (bicyclic) bond motifs is 1. The Morgan fingerprint density at radius 3 is 2.20 bits per heavy atom. The normalized spacial score (nSPS) is 10.7. The molecule has 0 bridgehead atoms. The summed E-state index contributed by atoms with van der Waals surface area (Å²) in [5, 5.41) is 10.8. The van der Waals surface area contributed by atoms with Crippen molar-refractivity contribution in [1.29, 1.82) is 0 Å². The van der Waals surface area contributed by atoms with Crippen molar-refractivity contribution < 1.29 is 5.11 Å². The monoisotopic (exact) mass is 204 g/mol. The largest absolute Gasteiger partial charge is 0.505 e.